The molecule has 2 aliphatic rings. The van der Waals surface area contributed by atoms with Gasteiger partial charge in [-0.25, -0.2) is 0 Å². The highest BCUT2D eigenvalue weighted by Crippen LogP contribution is 2.40. The van der Waals surface area contributed by atoms with E-state index in [-0.39, 0.29) is 5.60 Å². The summed E-state index contributed by atoms with van der Waals surface area (Å²) in [5.41, 5.74) is 2.56. The zero-order valence-electron chi connectivity index (χ0n) is 8.12. The van der Waals surface area contributed by atoms with Crippen molar-refractivity contribution in [2.75, 3.05) is 13.1 Å². The lowest BCUT2D eigenvalue weighted by molar-refractivity contribution is -0.0536. The first-order valence-electron chi connectivity index (χ1n) is 5.19. The quantitative estimate of drug-likeness (QED) is 0.667. The smallest absolute Gasteiger partial charge is 0.106 e. The number of pyridine rings is 1. The van der Waals surface area contributed by atoms with Crippen LogP contribution in [0, 0.1) is 0 Å². The van der Waals surface area contributed by atoms with E-state index < -0.39 is 0 Å². The van der Waals surface area contributed by atoms with Crippen LogP contribution in [0.2, 0.25) is 0 Å². The molecule has 1 fully saturated rings. The highest BCUT2D eigenvalue weighted by molar-refractivity contribution is 5.33. The lowest BCUT2D eigenvalue weighted by Gasteiger charge is -2.33. The van der Waals surface area contributed by atoms with Crippen LogP contribution in [-0.4, -0.2) is 18.1 Å². The van der Waals surface area contributed by atoms with Crippen molar-refractivity contribution in [3.63, 3.8) is 0 Å². The van der Waals surface area contributed by atoms with Crippen molar-refractivity contribution >= 4 is 0 Å². The molecule has 0 radical (unpaired) electrons. The van der Waals surface area contributed by atoms with Gasteiger partial charge in [0.15, 0.2) is 0 Å². The van der Waals surface area contributed by atoms with Gasteiger partial charge in [-0.1, -0.05) is 0 Å². The molecule has 0 bridgehead atoms. The summed E-state index contributed by atoms with van der Waals surface area (Å²) in [5.74, 6) is 0. The molecular weight excluding hydrogens is 176 g/mol. The van der Waals surface area contributed by atoms with Gasteiger partial charge in [-0.2, -0.15) is 0 Å². The van der Waals surface area contributed by atoms with Gasteiger partial charge in [-0.3, -0.25) is 4.98 Å². The fourth-order valence-electron chi connectivity index (χ4n) is 2.51. The van der Waals surface area contributed by atoms with Gasteiger partial charge >= 0.3 is 0 Å². The number of nitrogens with one attached hydrogen (secondary N) is 1. The van der Waals surface area contributed by atoms with Crippen molar-refractivity contribution < 1.29 is 4.74 Å². The first-order valence-corrected chi connectivity index (χ1v) is 5.19. The lowest BCUT2D eigenvalue weighted by Crippen LogP contribution is -2.43. The average Bonchev–Trinajstić information content (AvgIpc) is 2.60. The van der Waals surface area contributed by atoms with Gasteiger partial charge in [0.2, 0.25) is 0 Å². The third-order valence-electron chi connectivity index (χ3n) is 3.24. The summed E-state index contributed by atoms with van der Waals surface area (Å²) < 4.78 is 5.95. The molecule has 3 nitrogen and oxygen atoms in total. The molecular formula is C11H14N2O. The highest BCUT2D eigenvalue weighted by atomic mass is 16.5. The van der Waals surface area contributed by atoms with E-state index in [4.69, 9.17) is 4.74 Å². The minimum Gasteiger partial charge on any atom is -0.364 e. The molecule has 3 rings (SSSR count). The second-order valence-electron chi connectivity index (χ2n) is 4.10. The van der Waals surface area contributed by atoms with Gasteiger partial charge < -0.3 is 10.1 Å². The normalized spacial score (nSPS) is 30.6. The van der Waals surface area contributed by atoms with Gasteiger partial charge in [0.05, 0.1) is 6.61 Å². The van der Waals surface area contributed by atoms with E-state index in [9.17, 15) is 0 Å². The van der Waals surface area contributed by atoms with Gasteiger partial charge in [-0.15, -0.1) is 0 Å². The SMILES string of the molecule is c1cc2c(cn1)COC21CCCNC1. The van der Waals surface area contributed by atoms with Crippen LogP contribution in [0.3, 0.4) is 0 Å². The lowest BCUT2D eigenvalue weighted by atomic mass is 9.87. The summed E-state index contributed by atoms with van der Waals surface area (Å²) >= 11 is 0. The molecule has 74 valence electrons. The second-order valence-corrected chi connectivity index (χ2v) is 4.10. The van der Waals surface area contributed by atoms with Crippen LogP contribution in [0.25, 0.3) is 0 Å². The van der Waals surface area contributed by atoms with Gasteiger partial charge in [0.25, 0.3) is 0 Å². The zero-order valence-corrected chi connectivity index (χ0v) is 8.12. The maximum Gasteiger partial charge on any atom is 0.106 e. The molecule has 3 heterocycles. The Hall–Kier alpha value is -0.930. The molecule has 1 N–H and O–H groups in total. The van der Waals surface area contributed by atoms with Gasteiger partial charge in [-0.05, 0) is 31.0 Å². The van der Waals surface area contributed by atoms with E-state index in [1.807, 2.05) is 12.4 Å². The Kier molecular flexibility index (Phi) is 1.82. The molecule has 1 unspecified atom stereocenters. The monoisotopic (exact) mass is 190 g/mol. The van der Waals surface area contributed by atoms with Crippen molar-refractivity contribution in [1.82, 2.24) is 10.3 Å². The first kappa shape index (κ1) is 8.38. The Morgan fingerprint density at radius 2 is 2.50 bits per heavy atom. The predicted molar refractivity (Wildman–Crippen MR) is 52.8 cm³/mol. The minimum atomic E-state index is -0.0451. The summed E-state index contributed by atoms with van der Waals surface area (Å²) in [6.45, 7) is 2.79. The minimum absolute atomic E-state index is 0.0451. The molecule has 0 amide bonds. The van der Waals surface area contributed by atoms with Crippen LogP contribution in [0.1, 0.15) is 24.0 Å². The molecule has 2 aliphatic heterocycles. The zero-order chi connectivity index (χ0) is 9.43. The summed E-state index contributed by atoms with van der Waals surface area (Å²) in [4.78, 5) is 4.13. The summed E-state index contributed by atoms with van der Waals surface area (Å²) in [7, 11) is 0. The van der Waals surface area contributed by atoms with Crippen LogP contribution >= 0.6 is 0 Å². The number of hydrogen-bond acceptors (Lipinski definition) is 3. The van der Waals surface area contributed by atoms with E-state index in [0.717, 1.165) is 26.1 Å². The molecule has 0 aliphatic carbocycles. The number of ether oxygens (including phenoxy) is 1. The topological polar surface area (TPSA) is 34.1 Å². The Morgan fingerprint density at radius 1 is 1.50 bits per heavy atom. The molecule has 1 atom stereocenters. The largest absolute Gasteiger partial charge is 0.364 e. The van der Waals surface area contributed by atoms with Crippen LogP contribution < -0.4 is 5.32 Å². The number of hydrogen-bond donors (Lipinski definition) is 1. The molecule has 0 saturated carbocycles. The summed E-state index contributed by atoms with van der Waals surface area (Å²) in [6.07, 6.45) is 6.13. The second kappa shape index (κ2) is 3.04. The predicted octanol–water partition coefficient (Wildman–Crippen LogP) is 1.19. The molecule has 3 heteroatoms. The van der Waals surface area contributed by atoms with Crippen LogP contribution in [0.15, 0.2) is 18.5 Å². The average molecular weight is 190 g/mol. The number of nitrogens with zero attached hydrogens (tertiary/aromatic N) is 1. The van der Waals surface area contributed by atoms with E-state index in [2.05, 4.69) is 16.4 Å². The highest BCUT2D eigenvalue weighted by Gasteiger charge is 2.40. The Labute approximate surface area is 83.5 Å². The fourth-order valence-corrected chi connectivity index (χ4v) is 2.51. The number of aromatic nitrogens is 1. The third-order valence-corrected chi connectivity index (χ3v) is 3.24. The van der Waals surface area contributed by atoms with Crippen LogP contribution in [-0.2, 0) is 16.9 Å². The first-order chi connectivity index (χ1) is 6.91. The molecule has 0 aromatic carbocycles. The maximum atomic E-state index is 5.95. The standard InChI is InChI=1S/C11H14N2O/c1-3-11(8-13-4-1)10-2-5-12-6-9(10)7-14-11/h2,5-6,13H,1,3-4,7-8H2. The number of piperidine rings is 1. The van der Waals surface area contributed by atoms with E-state index in [1.165, 1.54) is 17.5 Å². The van der Waals surface area contributed by atoms with E-state index in [1.54, 1.807) is 0 Å². The molecule has 1 aromatic rings. The van der Waals surface area contributed by atoms with E-state index in [0.29, 0.717) is 0 Å². The summed E-state index contributed by atoms with van der Waals surface area (Å²) in [6, 6.07) is 2.11. The number of rotatable bonds is 0. The number of fused-ring (bicyclic) bond motifs is 2. The Morgan fingerprint density at radius 3 is 3.36 bits per heavy atom. The maximum absolute atomic E-state index is 5.95. The van der Waals surface area contributed by atoms with E-state index >= 15 is 0 Å². The summed E-state index contributed by atoms with van der Waals surface area (Å²) in [5, 5.41) is 3.41. The molecule has 1 spiro atoms. The molecule has 1 saturated heterocycles. The van der Waals surface area contributed by atoms with Crippen molar-refractivity contribution in [2.24, 2.45) is 0 Å². The fraction of sp³-hybridized carbons (Fsp3) is 0.545. The van der Waals surface area contributed by atoms with Crippen LogP contribution in [0.4, 0.5) is 0 Å². The third kappa shape index (κ3) is 1.09. The Balaban J connectivity index is 2.03. The van der Waals surface area contributed by atoms with Crippen molar-refractivity contribution in [1.29, 1.82) is 0 Å². The van der Waals surface area contributed by atoms with Crippen molar-refractivity contribution in [3.05, 3.63) is 29.6 Å². The molecule has 1 aromatic heterocycles. The Bertz CT molecular complexity index is 339. The van der Waals surface area contributed by atoms with Crippen molar-refractivity contribution in [2.45, 2.75) is 25.0 Å². The van der Waals surface area contributed by atoms with Crippen LogP contribution in [0.5, 0.6) is 0 Å². The molecule has 14 heavy (non-hydrogen) atoms. The van der Waals surface area contributed by atoms with Gasteiger partial charge in [0.1, 0.15) is 5.60 Å². The van der Waals surface area contributed by atoms with Crippen molar-refractivity contribution in [3.8, 4) is 0 Å². The van der Waals surface area contributed by atoms with Gasteiger partial charge in [0, 0.05) is 24.5 Å².